The number of benzene rings is 2. The predicted octanol–water partition coefficient (Wildman–Crippen LogP) is 5.04. The SMILES string of the molecule is CCN(CCCOc1ccc2c(Nc3cc(CC(=O)Nc4cccc(F)c4)[nH]n3)ncnc2c1)CCOP(OC)OC. The van der Waals surface area contributed by atoms with Crippen molar-refractivity contribution in [3.05, 3.63) is 66.4 Å². The zero-order chi connectivity index (χ0) is 29.7. The Labute approximate surface area is 244 Å². The summed E-state index contributed by atoms with van der Waals surface area (Å²) in [5.41, 5.74) is 1.70. The van der Waals surface area contributed by atoms with Crippen LogP contribution < -0.4 is 15.4 Å². The third kappa shape index (κ3) is 9.40. The molecule has 0 bridgehead atoms. The summed E-state index contributed by atoms with van der Waals surface area (Å²) in [6, 6.07) is 13.1. The van der Waals surface area contributed by atoms with Crippen LogP contribution in [0.3, 0.4) is 0 Å². The minimum Gasteiger partial charge on any atom is -0.493 e. The van der Waals surface area contributed by atoms with Crippen LogP contribution in [0, 0.1) is 5.82 Å². The number of carbonyl (C=O) groups is 1. The van der Waals surface area contributed by atoms with Crippen molar-refractivity contribution in [1.82, 2.24) is 25.1 Å². The van der Waals surface area contributed by atoms with Crippen LogP contribution in [0.1, 0.15) is 19.0 Å². The van der Waals surface area contributed by atoms with Gasteiger partial charge < -0.3 is 33.8 Å². The monoisotopic (exact) mass is 599 g/mol. The highest BCUT2D eigenvalue weighted by Gasteiger charge is 2.12. The molecule has 0 aliphatic heterocycles. The van der Waals surface area contributed by atoms with Crippen molar-refractivity contribution in [2.24, 2.45) is 0 Å². The average molecular weight is 600 g/mol. The maximum Gasteiger partial charge on any atom is 0.332 e. The number of aromatic amines is 1. The third-order valence-electron chi connectivity index (χ3n) is 6.18. The summed E-state index contributed by atoms with van der Waals surface area (Å²) < 4.78 is 35.1. The van der Waals surface area contributed by atoms with E-state index in [0.717, 1.165) is 42.7 Å². The number of rotatable bonds is 17. The molecule has 12 nitrogen and oxygen atoms in total. The molecule has 224 valence electrons. The van der Waals surface area contributed by atoms with Crippen LogP contribution >= 0.6 is 8.60 Å². The first-order chi connectivity index (χ1) is 20.5. The summed E-state index contributed by atoms with van der Waals surface area (Å²) in [5.74, 6) is 1.07. The molecule has 2 heterocycles. The van der Waals surface area contributed by atoms with E-state index in [1.807, 2.05) is 18.2 Å². The van der Waals surface area contributed by atoms with Crippen molar-refractivity contribution in [2.45, 2.75) is 19.8 Å². The van der Waals surface area contributed by atoms with E-state index in [0.29, 0.717) is 36.2 Å². The smallest absolute Gasteiger partial charge is 0.332 e. The molecule has 0 radical (unpaired) electrons. The van der Waals surface area contributed by atoms with Crippen molar-refractivity contribution >= 4 is 42.7 Å². The number of anilines is 3. The highest BCUT2D eigenvalue weighted by atomic mass is 31.2. The maximum absolute atomic E-state index is 13.4. The van der Waals surface area contributed by atoms with E-state index in [1.54, 1.807) is 26.4 Å². The zero-order valence-electron chi connectivity index (χ0n) is 23.8. The topological polar surface area (TPSA) is 136 Å². The molecule has 2 aromatic heterocycles. The molecule has 0 spiro atoms. The summed E-state index contributed by atoms with van der Waals surface area (Å²) >= 11 is 0. The first-order valence-electron chi connectivity index (χ1n) is 13.4. The average Bonchev–Trinajstić information content (AvgIpc) is 3.42. The molecule has 2 aromatic carbocycles. The van der Waals surface area contributed by atoms with Crippen LogP contribution in [0.5, 0.6) is 5.75 Å². The lowest BCUT2D eigenvalue weighted by Gasteiger charge is -2.21. The second-order valence-corrected chi connectivity index (χ2v) is 10.5. The van der Waals surface area contributed by atoms with Gasteiger partial charge in [-0.2, -0.15) is 5.10 Å². The van der Waals surface area contributed by atoms with Crippen molar-refractivity contribution in [1.29, 1.82) is 0 Å². The number of amides is 1. The minimum absolute atomic E-state index is 0.0447. The highest BCUT2D eigenvalue weighted by molar-refractivity contribution is 7.41. The number of likely N-dealkylation sites (N-methyl/N-ethyl adjacent to an activating group) is 1. The van der Waals surface area contributed by atoms with Crippen molar-refractivity contribution in [3.8, 4) is 5.75 Å². The first kappa shape index (κ1) is 31.2. The van der Waals surface area contributed by atoms with E-state index >= 15 is 0 Å². The molecule has 0 atom stereocenters. The minimum atomic E-state index is -1.28. The molecule has 14 heteroatoms. The number of nitrogens with one attached hydrogen (secondary N) is 3. The van der Waals surface area contributed by atoms with Gasteiger partial charge in [-0.3, -0.25) is 9.89 Å². The van der Waals surface area contributed by atoms with Crippen LogP contribution in [-0.4, -0.2) is 78.0 Å². The van der Waals surface area contributed by atoms with Crippen LogP contribution in [-0.2, 0) is 24.8 Å². The zero-order valence-corrected chi connectivity index (χ0v) is 24.7. The van der Waals surface area contributed by atoms with E-state index in [4.69, 9.17) is 18.3 Å². The molecule has 4 aromatic rings. The molecular formula is C28H35FN7O5P. The van der Waals surface area contributed by atoms with Gasteiger partial charge in [0.1, 0.15) is 23.7 Å². The van der Waals surface area contributed by atoms with Gasteiger partial charge in [0.2, 0.25) is 5.91 Å². The number of hydrogen-bond acceptors (Lipinski definition) is 10. The van der Waals surface area contributed by atoms with E-state index in [9.17, 15) is 9.18 Å². The lowest BCUT2D eigenvalue weighted by Crippen LogP contribution is -2.29. The Bertz CT molecular complexity index is 1440. The van der Waals surface area contributed by atoms with Crippen molar-refractivity contribution in [3.63, 3.8) is 0 Å². The number of aromatic nitrogens is 4. The van der Waals surface area contributed by atoms with E-state index < -0.39 is 14.4 Å². The van der Waals surface area contributed by atoms with E-state index in [1.165, 1.54) is 24.5 Å². The van der Waals surface area contributed by atoms with E-state index in [-0.39, 0.29) is 12.3 Å². The number of carbonyl (C=O) groups excluding carboxylic acids is 1. The van der Waals surface area contributed by atoms with Crippen LogP contribution in [0.15, 0.2) is 54.9 Å². The Morgan fingerprint density at radius 1 is 1.07 bits per heavy atom. The molecular weight excluding hydrogens is 564 g/mol. The number of H-pyrrole nitrogens is 1. The molecule has 1 amide bonds. The fourth-order valence-electron chi connectivity index (χ4n) is 4.14. The largest absolute Gasteiger partial charge is 0.493 e. The molecule has 0 aliphatic rings. The van der Waals surface area contributed by atoms with Gasteiger partial charge in [-0.05, 0) is 43.3 Å². The van der Waals surface area contributed by atoms with Gasteiger partial charge in [-0.15, -0.1) is 0 Å². The van der Waals surface area contributed by atoms with Gasteiger partial charge in [0.05, 0.1) is 25.2 Å². The number of halogens is 1. The van der Waals surface area contributed by atoms with Gasteiger partial charge in [0, 0.05) is 56.2 Å². The number of ether oxygens (including phenoxy) is 1. The van der Waals surface area contributed by atoms with Crippen LogP contribution in [0.2, 0.25) is 0 Å². The quantitative estimate of drug-likeness (QED) is 0.112. The Morgan fingerprint density at radius 2 is 1.93 bits per heavy atom. The Kier molecular flexibility index (Phi) is 11.9. The normalized spacial score (nSPS) is 11.4. The molecule has 0 saturated heterocycles. The third-order valence-corrected chi connectivity index (χ3v) is 7.17. The lowest BCUT2D eigenvalue weighted by molar-refractivity contribution is -0.115. The Morgan fingerprint density at radius 3 is 2.71 bits per heavy atom. The van der Waals surface area contributed by atoms with Crippen LogP contribution in [0.4, 0.5) is 21.7 Å². The number of nitrogens with zero attached hydrogens (tertiary/aromatic N) is 4. The molecule has 0 saturated carbocycles. The van der Waals surface area contributed by atoms with Gasteiger partial charge in [-0.25, -0.2) is 14.4 Å². The van der Waals surface area contributed by atoms with Crippen molar-refractivity contribution < 1.29 is 27.5 Å². The lowest BCUT2D eigenvalue weighted by atomic mass is 10.2. The Hall–Kier alpha value is -3.74. The predicted molar refractivity (Wildman–Crippen MR) is 159 cm³/mol. The molecule has 3 N–H and O–H groups in total. The van der Waals surface area contributed by atoms with Gasteiger partial charge in [-0.1, -0.05) is 13.0 Å². The standard InChI is InChI=1S/C28H35FN7O5P/c1-4-36(12-14-41-42(38-2)39-3)11-6-13-40-23-9-10-24-25(18-23)30-19-31-28(24)33-26-16-22(34-35-26)17-27(37)32-21-8-5-7-20(29)15-21/h5,7-10,15-16,18-19H,4,6,11-14,17H2,1-3H3,(H,32,37)(H2,30,31,33,34,35). The first-order valence-corrected chi connectivity index (χ1v) is 14.5. The van der Waals surface area contributed by atoms with Crippen LogP contribution in [0.25, 0.3) is 10.9 Å². The number of fused-ring (bicyclic) bond motifs is 1. The summed E-state index contributed by atoms with van der Waals surface area (Å²) in [7, 11) is 1.86. The van der Waals surface area contributed by atoms with Crippen molar-refractivity contribution in [2.75, 3.05) is 57.7 Å². The van der Waals surface area contributed by atoms with Gasteiger partial charge in [0.15, 0.2) is 5.82 Å². The molecule has 42 heavy (non-hydrogen) atoms. The van der Waals surface area contributed by atoms with Gasteiger partial charge >= 0.3 is 8.60 Å². The summed E-state index contributed by atoms with van der Waals surface area (Å²) in [4.78, 5) is 23.4. The fraction of sp³-hybridized carbons (Fsp3) is 0.357. The fourth-order valence-corrected chi connectivity index (χ4v) is 4.73. The second-order valence-electron chi connectivity index (χ2n) is 9.10. The second kappa shape index (κ2) is 16.0. The maximum atomic E-state index is 13.4. The summed E-state index contributed by atoms with van der Waals surface area (Å²) in [6.45, 7) is 5.77. The summed E-state index contributed by atoms with van der Waals surface area (Å²) in [5, 5.41) is 13.7. The molecule has 0 fully saturated rings. The van der Waals surface area contributed by atoms with E-state index in [2.05, 4.69) is 42.6 Å². The van der Waals surface area contributed by atoms with Gasteiger partial charge in [0.25, 0.3) is 0 Å². The molecule has 4 rings (SSSR count). The molecule has 0 unspecified atom stereocenters. The molecule has 0 aliphatic carbocycles. The highest BCUT2D eigenvalue weighted by Crippen LogP contribution is 2.36. The summed E-state index contributed by atoms with van der Waals surface area (Å²) in [6.07, 6.45) is 2.37. The Balaban J connectivity index is 1.26. The number of hydrogen-bond donors (Lipinski definition) is 3.